The van der Waals surface area contributed by atoms with Crippen molar-refractivity contribution in [3.05, 3.63) is 108 Å². The van der Waals surface area contributed by atoms with Crippen LogP contribution in [-0.2, 0) is 34.0 Å². The summed E-state index contributed by atoms with van der Waals surface area (Å²) in [6, 6.07) is 31.1. The Kier molecular flexibility index (Phi) is 13.5. The molecule has 0 fully saturated rings. The van der Waals surface area contributed by atoms with Crippen LogP contribution in [0.1, 0.15) is 43.9 Å². The van der Waals surface area contributed by atoms with Crippen molar-refractivity contribution in [3.8, 4) is 0 Å². The van der Waals surface area contributed by atoms with Gasteiger partial charge in [0.25, 0.3) is 0 Å². The van der Waals surface area contributed by atoms with E-state index in [1.165, 1.54) is 5.56 Å². The fraction of sp³-hybridized carbons (Fsp3) is 0.419. The van der Waals surface area contributed by atoms with Crippen LogP contribution in [0.3, 0.4) is 0 Å². The van der Waals surface area contributed by atoms with Gasteiger partial charge < -0.3 is 14.2 Å². The van der Waals surface area contributed by atoms with E-state index in [2.05, 4.69) is 81.4 Å². The highest BCUT2D eigenvalue weighted by Gasteiger charge is 2.32. The molecule has 0 aliphatic rings. The summed E-state index contributed by atoms with van der Waals surface area (Å²) in [6.07, 6.45) is 0.480. The maximum atomic E-state index is 6.64. The molecule has 0 spiro atoms. The maximum Gasteiger partial charge on any atom is 0.110 e. The monoisotopic (exact) mass is 524 g/mol. The Labute approximate surface area is 226 Å². The number of hydrogen-bond acceptors (Lipinski definition) is 5. The van der Waals surface area contributed by atoms with Gasteiger partial charge in [-0.1, -0.05) is 105 Å². The quantitative estimate of drug-likeness (QED) is 0.167. The molecule has 36 heavy (non-hydrogen) atoms. The molecule has 0 saturated carbocycles. The largest absolute Gasteiger partial charge is 0.371 e. The van der Waals surface area contributed by atoms with Crippen LogP contribution < -0.4 is 0 Å². The Bertz CT molecular complexity index is 934. The van der Waals surface area contributed by atoms with E-state index in [1.54, 1.807) is 0 Å². The summed E-state index contributed by atoms with van der Waals surface area (Å²) in [5, 5.41) is 0. The van der Waals surface area contributed by atoms with Gasteiger partial charge in [0.1, 0.15) is 6.10 Å². The summed E-state index contributed by atoms with van der Waals surface area (Å²) >= 11 is 3.98. The lowest BCUT2D eigenvalue weighted by Crippen LogP contribution is -2.42. The molecular weight excluding hydrogens is 484 g/mol. The molecule has 3 aromatic rings. The molecule has 0 aromatic heterocycles. The third-order valence-electron chi connectivity index (χ3n) is 5.91. The standard InChI is InChI=1S/C31H40O3S2/c1-4-35-30(36-5-2)21-29(33-23-27-17-11-7-12-18-27)31(34-24-28-19-13-8-14-20-28)25(3)32-22-26-15-9-6-10-16-26/h6-20,25,29-31H,4-5,21-24H2,1-3H3/t25-,29+,31-/m1/s1. The van der Waals surface area contributed by atoms with E-state index < -0.39 is 0 Å². The van der Waals surface area contributed by atoms with E-state index >= 15 is 0 Å². The average molecular weight is 525 g/mol. The van der Waals surface area contributed by atoms with Crippen LogP contribution in [0.15, 0.2) is 91.0 Å². The minimum absolute atomic E-state index is 0.0946. The molecule has 0 N–H and O–H groups in total. The minimum atomic E-state index is -0.199. The second kappa shape index (κ2) is 16.9. The second-order valence-electron chi connectivity index (χ2n) is 8.67. The summed E-state index contributed by atoms with van der Waals surface area (Å²) in [6.45, 7) is 8.21. The van der Waals surface area contributed by atoms with Gasteiger partial charge in [-0.25, -0.2) is 0 Å². The number of ether oxygens (including phenoxy) is 3. The van der Waals surface area contributed by atoms with Crippen molar-refractivity contribution >= 4 is 23.5 Å². The van der Waals surface area contributed by atoms with Crippen LogP contribution in [0.25, 0.3) is 0 Å². The molecule has 3 aromatic carbocycles. The van der Waals surface area contributed by atoms with Crippen molar-refractivity contribution in [2.24, 2.45) is 0 Å². The zero-order valence-electron chi connectivity index (χ0n) is 21.8. The minimum Gasteiger partial charge on any atom is -0.371 e. The van der Waals surface area contributed by atoms with Crippen molar-refractivity contribution in [1.29, 1.82) is 0 Å². The lowest BCUT2D eigenvalue weighted by atomic mass is 10.1. The van der Waals surface area contributed by atoms with E-state index in [0.717, 1.165) is 29.1 Å². The third-order valence-corrected chi connectivity index (χ3v) is 8.52. The van der Waals surface area contributed by atoms with Crippen molar-refractivity contribution < 1.29 is 14.2 Å². The van der Waals surface area contributed by atoms with Gasteiger partial charge in [-0.05, 0) is 41.5 Å². The maximum absolute atomic E-state index is 6.64. The number of benzene rings is 3. The van der Waals surface area contributed by atoms with Crippen LogP contribution in [0, 0.1) is 0 Å². The molecule has 0 bridgehead atoms. The zero-order chi connectivity index (χ0) is 25.4. The molecular formula is C31H40O3S2. The third kappa shape index (κ3) is 10.3. The molecule has 0 aliphatic heterocycles. The number of rotatable bonds is 17. The molecule has 194 valence electrons. The van der Waals surface area contributed by atoms with Crippen molar-refractivity contribution in [3.63, 3.8) is 0 Å². The number of hydrogen-bond donors (Lipinski definition) is 0. The smallest absolute Gasteiger partial charge is 0.110 e. The van der Waals surface area contributed by atoms with Crippen LogP contribution in [0.2, 0.25) is 0 Å². The van der Waals surface area contributed by atoms with Gasteiger partial charge in [0.2, 0.25) is 0 Å². The highest BCUT2D eigenvalue weighted by molar-refractivity contribution is 8.16. The lowest BCUT2D eigenvalue weighted by Gasteiger charge is -2.34. The van der Waals surface area contributed by atoms with Crippen molar-refractivity contribution in [2.45, 2.75) is 69.9 Å². The fourth-order valence-corrected chi connectivity index (χ4v) is 6.63. The summed E-state index contributed by atoms with van der Waals surface area (Å²) in [5.74, 6) is 2.16. The second-order valence-corrected chi connectivity index (χ2v) is 11.9. The van der Waals surface area contributed by atoms with Gasteiger partial charge >= 0.3 is 0 Å². The topological polar surface area (TPSA) is 27.7 Å². The first-order valence-electron chi connectivity index (χ1n) is 12.9. The highest BCUT2D eigenvalue weighted by atomic mass is 32.2. The summed E-state index contributed by atoms with van der Waals surface area (Å²) in [5.41, 5.74) is 3.49. The van der Waals surface area contributed by atoms with Crippen molar-refractivity contribution in [1.82, 2.24) is 0 Å². The van der Waals surface area contributed by atoms with Gasteiger partial charge in [-0.3, -0.25) is 0 Å². The number of thioether (sulfide) groups is 2. The molecule has 3 rings (SSSR count). The van der Waals surface area contributed by atoms with Crippen molar-refractivity contribution in [2.75, 3.05) is 11.5 Å². The Hall–Kier alpha value is -1.76. The van der Waals surface area contributed by atoms with Crippen LogP contribution in [0.4, 0.5) is 0 Å². The molecule has 5 heteroatoms. The first-order chi connectivity index (χ1) is 17.7. The van der Waals surface area contributed by atoms with Gasteiger partial charge in [0.05, 0.1) is 36.6 Å². The molecule has 0 aliphatic carbocycles. The predicted octanol–water partition coefficient (Wildman–Crippen LogP) is 7.98. The zero-order valence-corrected chi connectivity index (χ0v) is 23.4. The van der Waals surface area contributed by atoms with Crippen LogP contribution >= 0.6 is 23.5 Å². The molecule has 3 nitrogen and oxygen atoms in total. The fourth-order valence-electron chi connectivity index (χ4n) is 4.03. The summed E-state index contributed by atoms with van der Waals surface area (Å²) in [7, 11) is 0. The van der Waals surface area contributed by atoms with Crippen LogP contribution in [0.5, 0.6) is 0 Å². The van der Waals surface area contributed by atoms with Gasteiger partial charge in [0, 0.05) is 0 Å². The Morgan fingerprint density at radius 3 is 1.44 bits per heavy atom. The van der Waals surface area contributed by atoms with E-state index in [-0.39, 0.29) is 18.3 Å². The SMILES string of the molecule is CCSC(C[C@H](OCc1ccccc1)[C@H](OCc1ccccc1)[C@@H](C)OCc1ccccc1)SCC. The first kappa shape index (κ1) is 28.8. The Morgan fingerprint density at radius 2 is 1.00 bits per heavy atom. The molecule has 0 radical (unpaired) electrons. The van der Waals surface area contributed by atoms with Crippen LogP contribution in [-0.4, -0.2) is 34.4 Å². The molecule has 0 unspecified atom stereocenters. The van der Waals surface area contributed by atoms with E-state index in [9.17, 15) is 0 Å². The molecule has 0 saturated heterocycles. The molecule has 3 atom stereocenters. The lowest BCUT2D eigenvalue weighted by molar-refractivity contribution is -0.147. The van der Waals surface area contributed by atoms with Gasteiger partial charge in [-0.2, -0.15) is 0 Å². The Balaban J connectivity index is 1.79. The normalized spacial score (nSPS) is 14.0. The predicted molar refractivity (Wildman–Crippen MR) is 155 cm³/mol. The van der Waals surface area contributed by atoms with E-state index in [0.29, 0.717) is 24.4 Å². The highest BCUT2D eigenvalue weighted by Crippen LogP contribution is 2.31. The summed E-state index contributed by atoms with van der Waals surface area (Å²) < 4.78 is 20.1. The molecule has 0 heterocycles. The van der Waals surface area contributed by atoms with E-state index in [4.69, 9.17) is 14.2 Å². The summed E-state index contributed by atoms with van der Waals surface area (Å²) in [4.78, 5) is 0. The Morgan fingerprint density at radius 1 is 0.583 bits per heavy atom. The van der Waals surface area contributed by atoms with Gasteiger partial charge in [-0.15, -0.1) is 23.5 Å². The first-order valence-corrected chi connectivity index (χ1v) is 15.0. The molecule has 0 amide bonds. The van der Waals surface area contributed by atoms with Gasteiger partial charge in [0.15, 0.2) is 0 Å². The van der Waals surface area contributed by atoms with E-state index in [1.807, 2.05) is 53.9 Å². The average Bonchev–Trinajstić information content (AvgIpc) is 2.92.